The van der Waals surface area contributed by atoms with Crippen molar-refractivity contribution in [3.05, 3.63) is 0 Å². The van der Waals surface area contributed by atoms with Gasteiger partial charge in [0.1, 0.15) is 0 Å². The van der Waals surface area contributed by atoms with Gasteiger partial charge in [0.25, 0.3) is 0 Å². The molecule has 2 amide bonds. The van der Waals surface area contributed by atoms with Crippen LogP contribution < -0.4 is 11.5 Å². The Morgan fingerprint density at radius 3 is 2.38 bits per heavy atom. The largest absolute Gasteiger partial charge is 0.368 e. The van der Waals surface area contributed by atoms with Gasteiger partial charge >= 0.3 is 0 Å². The molecular weight excluding hydrogens is 206 g/mol. The van der Waals surface area contributed by atoms with Gasteiger partial charge in [-0.1, -0.05) is 13.3 Å². The molecule has 0 aliphatic carbocycles. The second-order valence-corrected chi connectivity index (χ2v) is 3.88. The zero-order valence-corrected chi connectivity index (χ0v) is 10.1. The molecule has 0 unspecified atom stereocenters. The molecule has 0 rings (SSSR count). The zero-order valence-electron chi connectivity index (χ0n) is 10.1. The van der Waals surface area contributed by atoms with Gasteiger partial charge < -0.3 is 16.4 Å². The predicted octanol–water partition coefficient (Wildman–Crippen LogP) is 0.229. The van der Waals surface area contributed by atoms with Gasteiger partial charge in [0.05, 0.1) is 6.54 Å². The van der Waals surface area contributed by atoms with Crippen molar-refractivity contribution in [1.29, 1.82) is 0 Å². The molecule has 0 aromatic rings. The third-order valence-electron chi connectivity index (χ3n) is 2.33. The quantitative estimate of drug-likeness (QED) is 0.555. The number of unbranched alkanes of at least 4 members (excludes halogenated alkanes) is 2. The third-order valence-corrected chi connectivity index (χ3v) is 2.33. The van der Waals surface area contributed by atoms with Crippen LogP contribution in [0.5, 0.6) is 0 Å². The van der Waals surface area contributed by atoms with Gasteiger partial charge in [0, 0.05) is 13.0 Å². The Balaban J connectivity index is 4.04. The molecular formula is C11H23N3O2. The molecule has 0 saturated heterocycles. The standard InChI is InChI=1S/C11H23N3O2/c1-2-3-8-14(9-10(13)15)11(16)6-4-5-7-12/h2-9,12H2,1H3,(H2,13,15). The molecule has 0 saturated carbocycles. The lowest BCUT2D eigenvalue weighted by molar-refractivity contribution is -0.135. The summed E-state index contributed by atoms with van der Waals surface area (Å²) in [6.45, 7) is 3.28. The van der Waals surface area contributed by atoms with Crippen LogP contribution in [-0.4, -0.2) is 36.3 Å². The molecule has 4 N–H and O–H groups in total. The Morgan fingerprint density at radius 1 is 1.19 bits per heavy atom. The van der Waals surface area contributed by atoms with E-state index in [1.807, 2.05) is 6.92 Å². The maximum Gasteiger partial charge on any atom is 0.237 e. The first kappa shape index (κ1) is 14.9. The van der Waals surface area contributed by atoms with E-state index in [4.69, 9.17) is 11.5 Å². The van der Waals surface area contributed by atoms with Crippen LogP contribution in [0.4, 0.5) is 0 Å². The van der Waals surface area contributed by atoms with Crippen molar-refractivity contribution in [2.24, 2.45) is 11.5 Å². The van der Waals surface area contributed by atoms with Crippen molar-refractivity contribution in [3.63, 3.8) is 0 Å². The average molecular weight is 229 g/mol. The minimum atomic E-state index is -0.455. The van der Waals surface area contributed by atoms with Crippen LogP contribution in [0.2, 0.25) is 0 Å². The lowest BCUT2D eigenvalue weighted by Gasteiger charge is -2.20. The second kappa shape index (κ2) is 9.15. The van der Waals surface area contributed by atoms with Crippen molar-refractivity contribution >= 4 is 11.8 Å². The van der Waals surface area contributed by atoms with Gasteiger partial charge in [0.2, 0.25) is 11.8 Å². The van der Waals surface area contributed by atoms with Crippen molar-refractivity contribution < 1.29 is 9.59 Å². The number of carbonyl (C=O) groups excluding carboxylic acids is 2. The molecule has 0 fully saturated rings. The van der Waals surface area contributed by atoms with E-state index in [-0.39, 0.29) is 12.5 Å². The molecule has 0 radical (unpaired) electrons. The molecule has 0 aromatic heterocycles. The number of rotatable bonds is 9. The highest BCUT2D eigenvalue weighted by atomic mass is 16.2. The first-order chi connectivity index (χ1) is 7.61. The molecule has 5 nitrogen and oxygen atoms in total. The molecule has 0 spiro atoms. The van der Waals surface area contributed by atoms with Crippen LogP contribution >= 0.6 is 0 Å². The lowest BCUT2D eigenvalue weighted by Crippen LogP contribution is -2.39. The summed E-state index contributed by atoms with van der Waals surface area (Å²) in [5.41, 5.74) is 10.5. The summed E-state index contributed by atoms with van der Waals surface area (Å²) in [4.78, 5) is 24.1. The first-order valence-electron chi connectivity index (χ1n) is 5.88. The van der Waals surface area contributed by atoms with Crippen LogP contribution in [0.15, 0.2) is 0 Å². The fraction of sp³-hybridized carbons (Fsp3) is 0.818. The summed E-state index contributed by atoms with van der Waals surface area (Å²) in [5, 5.41) is 0. The average Bonchev–Trinajstić information content (AvgIpc) is 2.23. The molecule has 0 aromatic carbocycles. The molecule has 0 aliphatic rings. The Hall–Kier alpha value is -1.10. The maximum absolute atomic E-state index is 11.7. The summed E-state index contributed by atoms with van der Waals surface area (Å²) < 4.78 is 0. The van der Waals surface area contributed by atoms with Crippen LogP contribution in [0.1, 0.15) is 39.0 Å². The summed E-state index contributed by atoms with van der Waals surface area (Å²) in [6.07, 6.45) is 3.95. The van der Waals surface area contributed by atoms with Gasteiger partial charge in [-0.15, -0.1) is 0 Å². The Labute approximate surface area is 97.2 Å². The summed E-state index contributed by atoms with van der Waals surface area (Å²) in [5.74, 6) is -0.455. The number of amides is 2. The summed E-state index contributed by atoms with van der Waals surface area (Å²) >= 11 is 0. The van der Waals surface area contributed by atoms with E-state index in [1.54, 1.807) is 4.90 Å². The van der Waals surface area contributed by atoms with Crippen molar-refractivity contribution in [1.82, 2.24) is 4.90 Å². The van der Waals surface area contributed by atoms with E-state index >= 15 is 0 Å². The molecule has 0 heterocycles. The Bertz CT molecular complexity index is 219. The van der Waals surface area contributed by atoms with Gasteiger partial charge in [0.15, 0.2) is 0 Å². The van der Waals surface area contributed by atoms with E-state index in [0.717, 1.165) is 25.7 Å². The van der Waals surface area contributed by atoms with E-state index in [2.05, 4.69) is 0 Å². The fourth-order valence-electron chi connectivity index (χ4n) is 1.41. The third kappa shape index (κ3) is 7.23. The van der Waals surface area contributed by atoms with Gasteiger partial charge in [-0.05, 0) is 25.8 Å². The van der Waals surface area contributed by atoms with Crippen molar-refractivity contribution in [2.45, 2.75) is 39.0 Å². The highest BCUT2D eigenvalue weighted by Gasteiger charge is 2.14. The van der Waals surface area contributed by atoms with Gasteiger partial charge in [-0.3, -0.25) is 9.59 Å². The molecule has 0 atom stereocenters. The SMILES string of the molecule is CCCCN(CC(N)=O)C(=O)CCCCN. The topological polar surface area (TPSA) is 89.4 Å². The van der Waals surface area contributed by atoms with E-state index in [1.165, 1.54) is 0 Å². The second-order valence-electron chi connectivity index (χ2n) is 3.88. The number of nitrogens with zero attached hydrogens (tertiary/aromatic N) is 1. The van der Waals surface area contributed by atoms with Crippen LogP contribution in [-0.2, 0) is 9.59 Å². The highest BCUT2D eigenvalue weighted by Crippen LogP contribution is 2.02. The number of nitrogens with two attached hydrogens (primary N) is 2. The van der Waals surface area contributed by atoms with Crippen molar-refractivity contribution in [3.8, 4) is 0 Å². The molecule has 5 heteroatoms. The molecule has 16 heavy (non-hydrogen) atoms. The van der Waals surface area contributed by atoms with Crippen LogP contribution in [0.3, 0.4) is 0 Å². The fourth-order valence-corrected chi connectivity index (χ4v) is 1.41. The van der Waals surface area contributed by atoms with E-state index in [9.17, 15) is 9.59 Å². The molecule has 0 bridgehead atoms. The Kier molecular flexibility index (Phi) is 8.52. The maximum atomic E-state index is 11.7. The molecule has 0 aliphatic heterocycles. The lowest BCUT2D eigenvalue weighted by atomic mass is 10.2. The van der Waals surface area contributed by atoms with Gasteiger partial charge in [-0.2, -0.15) is 0 Å². The minimum absolute atomic E-state index is 0.000648. The smallest absolute Gasteiger partial charge is 0.237 e. The monoisotopic (exact) mass is 229 g/mol. The predicted molar refractivity (Wildman–Crippen MR) is 63.6 cm³/mol. The zero-order chi connectivity index (χ0) is 12.4. The minimum Gasteiger partial charge on any atom is -0.368 e. The number of hydrogen-bond donors (Lipinski definition) is 2. The van der Waals surface area contributed by atoms with Gasteiger partial charge in [-0.25, -0.2) is 0 Å². The normalized spacial score (nSPS) is 10.1. The summed E-state index contributed by atoms with van der Waals surface area (Å²) in [6, 6.07) is 0. The highest BCUT2D eigenvalue weighted by molar-refractivity contribution is 5.83. The molecule has 94 valence electrons. The van der Waals surface area contributed by atoms with Crippen LogP contribution in [0.25, 0.3) is 0 Å². The van der Waals surface area contributed by atoms with E-state index in [0.29, 0.717) is 19.5 Å². The van der Waals surface area contributed by atoms with Crippen LogP contribution in [0, 0.1) is 0 Å². The Morgan fingerprint density at radius 2 is 1.88 bits per heavy atom. The number of carbonyl (C=O) groups is 2. The van der Waals surface area contributed by atoms with E-state index < -0.39 is 5.91 Å². The summed E-state index contributed by atoms with van der Waals surface area (Å²) in [7, 11) is 0. The first-order valence-corrected chi connectivity index (χ1v) is 5.88. The number of hydrogen-bond acceptors (Lipinski definition) is 3. The number of primary amides is 1. The van der Waals surface area contributed by atoms with Crippen molar-refractivity contribution in [2.75, 3.05) is 19.6 Å².